The van der Waals surface area contributed by atoms with E-state index in [9.17, 15) is 22.4 Å². The van der Waals surface area contributed by atoms with Crippen LogP contribution in [0.5, 0.6) is 0 Å². The summed E-state index contributed by atoms with van der Waals surface area (Å²) in [7, 11) is -3.94. The van der Waals surface area contributed by atoms with Crippen LogP contribution in [0.25, 0.3) is 0 Å². The predicted molar refractivity (Wildman–Crippen MR) is 81.5 cm³/mol. The lowest BCUT2D eigenvalue weighted by Gasteiger charge is -2.08. The molecule has 7 nitrogen and oxygen atoms in total. The first-order valence-electron chi connectivity index (χ1n) is 6.26. The lowest BCUT2D eigenvalue weighted by Crippen LogP contribution is -2.46. The minimum atomic E-state index is -3.94. The van der Waals surface area contributed by atoms with Crippen LogP contribution in [0.15, 0.2) is 46.7 Å². The van der Waals surface area contributed by atoms with Gasteiger partial charge in [-0.3, -0.25) is 20.4 Å². The van der Waals surface area contributed by atoms with Crippen molar-refractivity contribution in [3.8, 4) is 0 Å². The van der Waals surface area contributed by atoms with Crippen molar-refractivity contribution >= 4 is 33.2 Å². The standard InChI is InChI=1S/C13H12FN3O4S2/c14-9-3-5-10(6-4-9)23(20,21)15-8-12(18)16-17-13(19)11-2-1-7-22-11/h1-7,15H,8H2,(H,16,18)(H,17,19). The van der Waals surface area contributed by atoms with Crippen molar-refractivity contribution in [3.05, 3.63) is 52.5 Å². The summed E-state index contributed by atoms with van der Waals surface area (Å²) < 4.78 is 38.6. The van der Waals surface area contributed by atoms with Gasteiger partial charge in [0.1, 0.15) is 5.82 Å². The highest BCUT2D eigenvalue weighted by Gasteiger charge is 2.16. The molecule has 0 aliphatic carbocycles. The zero-order chi connectivity index (χ0) is 16.9. The normalized spacial score (nSPS) is 11.0. The number of sulfonamides is 1. The summed E-state index contributed by atoms with van der Waals surface area (Å²) in [6.07, 6.45) is 0. The highest BCUT2D eigenvalue weighted by Crippen LogP contribution is 2.09. The fourth-order valence-corrected chi connectivity index (χ4v) is 3.10. The number of hydrazine groups is 1. The molecular formula is C13H12FN3O4S2. The van der Waals surface area contributed by atoms with Crippen LogP contribution in [0.2, 0.25) is 0 Å². The third-order valence-electron chi connectivity index (χ3n) is 2.61. The molecule has 122 valence electrons. The van der Waals surface area contributed by atoms with Crippen LogP contribution < -0.4 is 15.6 Å². The maximum atomic E-state index is 12.8. The Kier molecular flexibility index (Phi) is 5.42. The zero-order valence-electron chi connectivity index (χ0n) is 11.6. The predicted octanol–water partition coefficient (Wildman–Crippen LogP) is 0.627. The molecule has 0 aliphatic heterocycles. The topological polar surface area (TPSA) is 104 Å². The van der Waals surface area contributed by atoms with Crippen molar-refractivity contribution in [1.29, 1.82) is 0 Å². The van der Waals surface area contributed by atoms with Gasteiger partial charge in [0, 0.05) is 0 Å². The molecule has 1 aromatic heterocycles. The number of hydrogen-bond acceptors (Lipinski definition) is 5. The maximum absolute atomic E-state index is 12.8. The Balaban J connectivity index is 1.84. The van der Waals surface area contributed by atoms with Crippen LogP contribution >= 0.6 is 11.3 Å². The highest BCUT2D eigenvalue weighted by atomic mass is 32.2. The van der Waals surface area contributed by atoms with Gasteiger partial charge in [-0.15, -0.1) is 11.3 Å². The quantitative estimate of drug-likeness (QED) is 0.683. The van der Waals surface area contributed by atoms with Gasteiger partial charge in [0.2, 0.25) is 10.0 Å². The highest BCUT2D eigenvalue weighted by molar-refractivity contribution is 7.89. The molecule has 0 radical (unpaired) electrons. The number of carbonyl (C=O) groups is 2. The van der Waals surface area contributed by atoms with Crippen LogP contribution in [0, 0.1) is 5.82 Å². The lowest BCUT2D eigenvalue weighted by molar-refractivity contribution is -0.120. The van der Waals surface area contributed by atoms with Crippen molar-refractivity contribution in [2.75, 3.05) is 6.54 Å². The van der Waals surface area contributed by atoms with E-state index in [-0.39, 0.29) is 4.90 Å². The average Bonchev–Trinajstić information content (AvgIpc) is 3.05. The number of rotatable bonds is 5. The van der Waals surface area contributed by atoms with Crippen LogP contribution in [0.1, 0.15) is 9.67 Å². The number of amides is 2. The average molecular weight is 357 g/mol. The van der Waals surface area contributed by atoms with Crippen molar-refractivity contribution in [2.24, 2.45) is 0 Å². The summed E-state index contributed by atoms with van der Waals surface area (Å²) >= 11 is 1.19. The molecule has 2 amide bonds. The molecule has 1 heterocycles. The summed E-state index contributed by atoms with van der Waals surface area (Å²) in [6.45, 7) is -0.579. The molecule has 0 fully saturated rings. The van der Waals surface area contributed by atoms with Gasteiger partial charge in [0.15, 0.2) is 0 Å². The molecule has 0 unspecified atom stereocenters. The minimum Gasteiger partial charge on any atom is -0.272 e. The molecule has 0 aliphatic rings. The molecule has 0 atom stereocenters. The largest absolute Gasteiger partial charge is 0.279 e. The fourth-order valence-electron chi connectivity index (χ4n) is 1.50. The van der Waals surface area contributed by atoms with Gasteiger partial charge >= 0.3 is 0 Å². The number of benzene rings is 1. The second kappa shape index (κ2) is 7.31. The molecule has 2 rings (SSSR count). The van der Waals surface area contributed by atoms with E-state index in [1.54, 1.807) is 17.5 Å². The SMILES string of the molecule is O=C(CNS(=O)(=O)c1ccc(F)cc1)NNC(=O)c1cccs1. The van der Waals surface area contributed by atoms with Crippen LogP contribution in [0.4, 0.5) is 4.39 Å². The smallest absolute Gasteiger partial charge is 0.272 e. The summed E-state index contributed by atoms with van der Waals surface area (Å²) in [4.78, 5) is 23.3. The fraction of sp³-hybridized carbons (Fsp3) is 0.0769. The van der Waals surface area contributed by atoms with E-state index in [0.29, 0.717) is 4.88 Å². The Labute approximate surface area is 135 Å². The molecular weight excluding hydrogens is 345 g/mol. The summed E-state index contributed by atoms with van der Waals surface area (Å²) in [5.41, 5.74) is 4.24. The van der Waals surface area contributed by atoms with E-state index in [1.807, 2.05) is 4.72 Å². The zero-order valence-corrected chi connectivity index (χ0v) is 13.2. The van der Waals surface area contributed by atoms with Gasteiger partial charge in [-0.2, -0.15) is 0 Å². The van der Waals surface area contributed by atoms with Gasteiger partial charge in [-0.1, -0.05) is 6.07 Å². The summed E-state index contributed by atoms with van der Waals surface area (Å²) in [6, 6.07) is 7.40. The van der Waals surface area contributed by atoms with Crippen molar-refractivity contribution in [2.45, 2.75) is 4.90 Å². The first-order valence-corrected chi connectivity index (χ1v) is 8.63. The monoisotopic (exact) mass is 357 g/mol. The summed E-state index contributed by atoms with van der Waals surface area (Å²) in [5.74, 6) is -1.83. The molecule has 0 bridgehead atoms. The van der Waals surface area contributed by atoms with Crippen molar-refractivity contribution in [1.82, 2.24) is 15.6 Å². The third kappa shape index (κ3) is 4.84. The molecule has 2 aromatic rings. The molecule has 3 N–H and O–H groups in total. The number of nitrogens with one attached hydrogen (secondary N) is 3. The minimum absolute atomic E-state index is 0.172. The third-order valence-corrected chi connectivity index (χ3v) is 4.89. The van der Waals surface area contributed by atoms with E-state index in [2.05, 4.69) is 10.9 Å². The number of carbonyl (C=O) groups excluding carboxylic acids is 2. The maximum Gasteiger partial charge on any atom is 0.279 e. The Morgan fingerprint density at radius 1 is 1.09 bits per heavy atom. The number of hydrogen-bond donors (Lipinski definition) is 3. The first kappa shape index (κ1) is 17.1. The van der Waals surface area contributed by atoms with Crippen LogP contribution in [-0.4, -0.2) is 26.8 Å². The Hall–Kier alpha value is -2.30. The number of halogens is 1. The van der Waals surface area contributed by atoms with Crippen molar-refractivity contribution < 1.29 is 22.4 Å². The van der Waals surface area contributed by atoms with Crippen molar-refractivity contribution in [3.63, 3.8) is 0 Å². The van der Waals surface area contributed by atoms with Gasteiger partial charge in [0.05, 0.1) is 16.3 Å². The molecule has 0 saturated carbocycles. The van der Waals surface area contributed by atoms with Gasteiger partial charge in [0.25, 0.3) is 11.8 Å². The molecule has 23 heavy (non-hydrogen) atoms. The van der Waals surface area contributed by atoms with E-state index < -0.39 is 34.2 Å². The van der Waals surface area contributed by atoms with Gasteiger partial charge in [-0.25, -0.2) is 17.5 Å². The van der Waals surface area contributed by atoms with E-state index >= 15 is 0 Å². The molecule has 0 saturated heterocycles. The van der Waals surface area contributed by atoms with Gasteiger partial charge in [-0.05, 0) is 35.7 Å². The van der Waals surface area contributed by atoms with E-state index in [1.165, 1.54) is 11.3 Å². The number of thiophene rings is 1. The molecule has 10 heteroatoms. The van der Waals surface area contributed by atoms with Crippen LogP contribution in [-0.2, 0) is 14.8 Å². The Bertz CT molecular complexity index is 789. The molecule has 0 spiro atoms. The van der Waals surface area contributed by atoms with Crippen LogP contribution in [0.3, 0.4) is 0 Å². The van der Waals surface area contributed by atoms with E-state index in [0.717, 1.165) is 24.3 Å². The lowest BCUT2D eigenvalue weighted by atomic mass is 10.4. The Morgan fingerprint density at radius 2 is 1.78 bits per heavy atom. The summed E-state index contributed by atoms with van der Waals surface area (Å²) in [5, 5.41) is 1.70. The second-order valence-corrected chi connectivity index (χ2v) is 6.97. The first-order chi connectivity index (χ1) is 10.9. The second-order valence-electron chi connectivity index (χ2n) is 4.26. The van der Waals surface area contributed by atoms with Gasteiger partial charge < -0.3 is 0 Å². The molecule has 1 aromatic carbocycles. The van der Waals surface area contributed by atoms with E-state index in [4.69, 9.17) is 0 Å². The Morgan fingerprint density at radius 3 is 2.39 bits per heavy atom.